The summed E-state index contributed by atoms with van der Waals surface area (Å²) in [6.45, 7) is 2.06. The van der Waals surface area contributed by atoms with Crippen LogP contribution in [-0.2, 0) is 5.92 Å². The molecule has 0 spiro atoms. The smallest absolute Gasteiger partial charge is 0.289 e. The maximum absolute atomic E-state index is 13.9. The van der Waals surface area contributed by atoms with Gasteiger partial charge in [0, 0.05) is 5.02 Å². The van der Waals surface area contributed by atoms with Crippen LogP contribution in [0.2, 0.25) is 5.02 Å². The molecule has 0 saturated carbocycles. The molecule has 1 aromatic rings. The molecule has 0 amide bonds. The highest BCUT2D eigenvalue weighted by Crippen LogP contribution is 2.36. The minimum atomic E-state index is -2.99. The Morgan fingerprint density at radius 3 is 2.71 bits per heavy atom. The molecule has 0 heterocycles. The van der Waals surface area contributed by atoms with Gasteiger partial charge in [-0.1, -0.05) is 18.5 Å². The van der Waals surface area contributed by atoms with Gasteiger partial charge in [0.05, 0.1) is 19.2 Å². The minimum absolute atomic E-state index is 0.151. The van der Waals surface area contributed by atoms with E-state index in [1.807, 2.05) is 6.92 Å². The number of rotatable bonds is 6. The first-order chi connectivity index (χ1) is 8.01. The van der Waals surface area contributed by atoms with Crippen LogP contribution in [0, 0.1) is 0 Å². The highest BCUT2D eigenvalue weighted by molar-refractivity contribution is 6.30. The van der Waals surface area contributed by atoms with Crippen molar-refractivity contribution in [3.63, 3.8) is 0 Å². The van der Waals surface area contributed by atoms with E-state index in [0.29, 0.717) is 6.54 Å². The largest absolute Gasteiger partial charge is 0.496 e. The summed E-state index contributed by atoms with van der Waals surface area (Å²) in [6.07, 6.45) is 0.808. The predicted octanol–water partition coefficient (Wildman–Crippen LogP) is 3.44. The second kappa shape index (κ2) is 6.17. The molecule has 0 radical (unpaired) electrons. The van der Waals surface area contributed by atoms with Crippen molar-refractivity contribution < 1.29 is 13.5 Å². The zero-order chi connectivity index (χ0) is 12.9. The molecule has 0 bridgehead atoms. The van der Waals surface area contributed by atoms with Crippen LogP contribution in [0.1, 0.15) is 18.9 Å². The van der Waals surface area contributed by atoms with Gasteiger partial charge >= 0.3 is 0 Å². The van der Waals surface area contributed by atoms with Crippen LogP contribution in [0.3, 0.4) is 0 Å². The number of methoxy groups -OCH3 is 1. The monoisotopic (exact) mass is 263 g/mol. The third kappa shape index (κ3) is 3.82. The van der Waals surface area contributed by atoms with Crippen LogP contribution in [-0.4, -0.2) is 20.2 Å². The van der Waals surface area contributed by atoms with E-state index in [4.69, 9.17) is 16.3 Å². The van der Waals surface area contributed by atoms with Crippen molar-refractivity contribution in [2.75, 3.05) is 20.2 Å². The van der Waals surface area contributed by atoms with Gasteiger partial charge in [-0.05, 0) is 31.2 Å². The van der Waals surface area contributed by atoms with Crippen molar-refractivity contribution >= 4 is 11.6 Å². The van der Waals surface area contributed by atoms with Crippen LogP contribution in [0.4, 0.5) is 8.78 Å². The van der Waals surface area contributed by atoms with Crippen LogP contribution in [0.25, 0.3) is 0 Å². The van der Waals surface area contributed by atoms with Crippen LogP contribution < -0.4 is 10.1 Å². The summed E-state index contributed by atoms with van der Waals surface area (Å²) < 4.78 is 32.7. The Labute approximate surface area is 105 Å². The standard InChI is InChI=1S/C12H16ClF2NO/c1-3-6-16-8-12(14,15)10-7-9(13)4-5-11(10)17-2/h4-5,7,16H,3,6,8H2,1-2H3. The summed E-state index contributed by atoms with van der Waals surface area (Å²) >= 11 is 5.73. The number of alkyl halides is 2. The fraction of sp³-hybridized carbons (Fsp3) is 0.500. The van der Waals surface area contributed by atoms with Crippen molar-refractivity contribution in [1.82, 2.24) is 5.32 Å². The fourth-order valence-corrected chi connectivity index (χ4v) is 1.66. The second-order valence-electron chi connectivity index (χ2n) is 3.73. The zero-order valence-electron chi connectivity index (χ0n) is 9.90. The molecular formula is C12H16ClF2NO. The first kappa shape index (κ1) is 14.2. The molecule has 96 valence electrons. The zero-order valence-corrected chi connectivity index (χ0v) is 10.7. The van der Waals surface area contributed by atoms with Crippen LogP contribution in [0.15, 0.2) is 18.2 Å². The van der Waals surface area contributed by atoms with E-state index in [1.165, 1.54) is 25.3 Å². The Morgan fingerprint density at radius 2 is 2.12 bits per heavy atom. The molecule has 1 rings (SSSR count). The van der Waals surface area contributed by atoms with Crippen molar-refractivity contribution in [3.05, 3.63) is 28.8 Å². The summed E-state index contributed by atoms with van der Waals surface area (Å²) in [7, 11) is 1.36. The van der Waals surface area contributed by atoms with Crippen molar-refractivity contribution in [2.24, 2.45) is 0 Å². The molecule has 5 heteroatoms. The number of halogens is 3. The van der Waals surface area contributed by atoms with Gasteiger partial charge in [0.15, 0.2) is 0 Å². The van der Waals surface area contributed by atoms with E-state index < -0.39 is 12.5 Å². The maximum atomic E-state index is 13.9. The van der Waals surface area contributed by atoms with Gasteiger partial charge in [-0.25, -0.2) is 0 Å². The number of ether oxygens (including phenoxy) is 1. The average Bonchev–Trinajstić information content (AvgIpc) is 2.29. The Bertz CT molecular complexity index is 372. The molecule has 0 fully saturated rings. The van der Waals surface area contributed by atoms with E-state index in [2.05, 4.69) is 5.32 Å². The number of benzene rings is 1. The van der Waals surface area contributed by atoms with E-state index in [-0.39, 0.29) is 16.3 Å². The summed E-state index contributed by atoms with van der Waals surface area (Å²) in [6, 6.07) is 4.22. The molecule has 2 nitrogen and oxygen atoms in total. The number of hydrogen-bond acceptors (Lipinski definition) is 2. The van der Waals surface area contributed by atoms with Gasteiger partial charge in [0.2, 0.25) is 0 Å². The molecule has 0 unspecified atom stereocenters. The second-order valence-corrected chi connectivity index (χ2v) is 4.16. The van der Waals surface area contributed by atoms with Gasteiger partial charge in [0.1, 0.15) is 5.75 Å². The molecule has 0 aliphatic rings. The Kier molecular flexibility index (Phi) is 5.15. The van der Waals surface area contributed by atoms with Crippen molar-refractivity contribution in [3.8, 4) is 5.75 Å². The minimum Gasteiger partial charge on any atom is -0.496 e. The summed E-state index contributed by atoms with van der Waals surface area (Å²) in [5.41, 5.74) is -0.184. The van der Waals surface area contributed by atoms with Crippen LogP contribution >= 0.6 is 11.6 Å². The van der Waals surface area contributed by atoms with E-state index in [0.717, 1.165) is 6.42 Å². The highest BCUT2D eigenvalue weighted by atomic mass is 35.5. The lowest BCUT2D eigenvalue weighted by Gasteiger charge is -2.20. The molecule has 0 atom stereocenters. The first-order valence-corrected chi connectivity index (χ1v) is 5.81. The third-order valence-electron chi connectivity index (χ3n) is 2.33. The molecule has 0 aromatic heterocycles. The van der Waals surface area contributed by atoms with E-state index >= 15 is 0 Å². The molecular weight excluding hydrogens is 248 g/mol. The summed E-state index contributed by atoms with van der Waals surface area (Å²) in [5, 5.41) is 2.97. The third-order valence-corrected chi connectivity index (χ3v) is 2.56. The van der Waals surface area contributed by atoms with Crippen molar-refractivity contribution in [2.45, 2.75) is 19.3 Å². The Morgan fingerprint density at radius 1 is 1.41 bits per heavy atom. The lowest BCUT2D eigenvalue weighted by molar-refractivity contribution is -0.00503. The SMILES string of the molecule is CCCNCC(F)(F)c1cc(Cl)ccc1OC. The molecule has 0 aliphatic carbocycles. The fourth-order valence-electron chi connectivity index (χ4n) is 1.48. The summed E-state index contributed by atoms with van der Waals surface area (Å²) in [4.78, 5) is 0. The Hall–Kier alpha value is -0.870. The molecule has 0 aliphatic heterocycles. The van der Waals surface area contributed by atoms with Gasteiger partial charge in [-0.2, -0.15) is 8.78 Å². The van der Waals surface area contributed by atoms with Gasteiger partial charge in [0.25, 0.3) is 5.92 Å². The van der Waals surface area contributed by atoms with E-state index in [1.54, 1.807) is 0 Å². The van der Waals surface area contributed by atoms with Crippen molar-refractivity contribution in [1.29, 1.82) is 0 Å². The maximum Gasteiger partial charge on any atom is 0.289 e. The highest BCUT2D eigenvalue weighted by Gasteiger charge is 2.34. The average molecular weight is 264 g/mol. The number of hydrogen-bond donors (Lipinski definition) is 1. The predicted molar refractivity (Wildman–Crippen MR) is 65.1 cm³/mol. The van der Waals surface area contributed by atoms with Crippen LogP contribution in [0.5, 0.6) is 5.75 Å². The number of nitrogens with one attached hydrogen (secondary N) is 1. The normalized spacial score (nSPS) is 11.6. The lowest BCUT2D eigenvalue weighted by atomic mass is 10.1. The Balaban J connectivity index is 2.91. The van der Waals surface area contributed by atoms with Gasteiger partial charge in [-0.15, -0.1) is 0 Å². The summed E-state index contributed by atoms with van der Waals surface area (Å²) in [5.74, 6) is -2.84. The quantitative estimate of drug-likeness (QED) is 0.794. The van der Waals surface area contributed by atoms with Gasteiger partial charge in [-0.3, -0.25) is 0 Å². The molecule has 0 saturated heterocycles. The van der Waals surface area contributed by atoms with Gasteiger partial charge < -0.3 is 10.1 Å². The first-order valence-electron chi connectivity index (χ1n) is 5.44. The van der Waals surface area contributed by atoms with E-state index in [9.17, 15) is 8.78 Å². The lowest BCUT2D eigenvalue weighted by Crippen LogP contribution is -2.31. The topological polar surface area (TPSA) is 21.3 Å². The molecule has 1 N–H and O–H groups in total. The molecule has 17 heavy (non-hydrogen) atoms. The molecule has 1 aromatic carbocycles.